The summed E-state index contributed by atoms with van der Waals surface area (Å²) in [6, 6.07) is 2.50. The number of unbranched alkanes of at least 4 members (excludes halogenated alkanes) is 4. The van der Waals surface area contributed by atoms with Crippen molar-refractivity contribution in [2.45, 2.75) is 127 Å². The van der Waals surface area contributed by atoms with E-state index >= 15 is 0 Å². The fraction of sp³-hybridized carbons (Fsp3) is 0.778. The van der Waals surface area contributed by atoms with Crippen LogP contribution in [0.25, 0.3) is 0 Å². The van der Waals surface area contributed by atoms with Crippen LogP contribution in [0.15, 0.2) is 6.07 Å². The van der Waals surface area contributed by atoms with Crippen molar-refractivity contribution in [3.05, 3.63) is 33.9 Å². The molecule has 0 amide bonds. The van der Waals surface area contributed by atoms with E-state index in [0.717, 1.165) is 0 Å². The average molecular weight is 373 g/mol. The number of aryl methyl sites for hydroxylation is 2. The van der Waals surface area contributed by atoms with Crippen molar-refractivity contribution in [2.24, 2.45) is 10.8 Å². The minimum Gasteiger partial charge on any atom is -0.0602 e. The molecule has 1 rings (SSSR count). The van der Waals surface area contributed by atoms with Crippen LogP contribution in [0.5, 0.6) is 0 Å². The summed E-state index contributed by atoms with van der Waals surface area (Å²) >= 11 is 0. The van der Waals surface area contributed by atoms with Gasteiger partial charge < -0.3 is 0 Å². The lowest BCUT2D eigenvalue weighted by Crippen LogP contribution is -2.05. The molecule has 0 atom stereocenters. The van der Waals surface area contributed by atoms with Crippen molar-refractivity contribution in [2.75, 3.05) is 0 Å². The molecule has 0 saturated carbocycles. The van der Waals surface area contributed by atoms with Gasteiger partial charge in [0, 0.05) is 0 Å². The van der Waals surface area contributed by atoms with E-state index in [2.05, 4.69) is 68.4 Å². The summed E-state index contributed by atoms with van der Waals surface area (Å²) in [7, 11) is 0. The molecule has 1 aromatic rings. The van der Waals surface area contributed by atoms with Crippen molar-refractivity contribution in [3.63, 3.8) is 0 Å². The number of hydrogen-bond donors (Lipinski definition) is 0. The standard InChI is InChI=1S/C27H48/c1-21-20-24(16-12-10-14-18-26(4,5)6)22(2)23(3)25(21)17-13-11-15-19-27(7,8)9/h20H,10-19H2,1-9H3. The Balaban J connectivity index is 2.53. The molecule has 27 heavy (non-hydrogen) atoms. The van der Waals surface area contributed by atoms with Gasteiger partial charge in [0.25, 0.3) is 0 Å². The molecule has 0 radical (unpaired) electrons. The number of rotatable bonds is 10. The number of hydrogen-bond acceptors (Lipinski definition) is 0. The lowest BCUT2D eigenvalue weighted by Gasteiger charge is -2.19. The summed E-state index contributed by atoms with van der Waals surface area (Å²) in [4.78, 5) is 0. The zero-order valence-electron chi connectivity index (χ0n) is 20.1. The third-order valence-corrected chi connectivity index (χ3v) is 6.09. The molecule has 0 N–H and O–H groups in total. The lowest BCUT2D eigenvalue weighted by atomic mass is 9.86. The van der Waals surface area contributed by atoms with Crippen molar-refractivity contribution in [1.82, 2.24) is 0 Å². The molecule has 0 spiro atoms. The summed E-state index contributed by atoms with van der Waals surface area (Å²) in [6.07, 6.45) is 13.3. The van der Waals surface area contributed by atoms with Crippen LogP contribution in [0.1, 0.15) is 121 Å². The Kier molecular flexibility index (Phi) is 9.59. The zero-order valence-corrected chi connectivity index (χ0v) is 20.1. The Morgan fingerprint density at radius 2 is 1.07 bits per heavy atom. The Morgan fingerprint density at radius 1 is 0.593 bits per heavy atom. The molecule has 0 aromatic heterocycles. The first-order valence-electron chi connectivity index (χ1n) is 11.5. The molecule has 0 heteroatoms. The molecule has 0 fully saturated rings. The van der Waals surface area contributed by atoms with E-state index in [1.54, 1.807) is 22.3 Å². The van der Waals surface area contributed by atoms with Gasteiger partial charge in [-0.25, -0.2) is 0 Å². The van der Waals surface area contributed by atoms with Crippen LogP contribution in [-0.2, 0) is 12.8 Å². The van der Waals surface area contributed by atoms with E-state index in [1.807, 2.05) is 0 Å². The maximum atomic E-state index is 2.50. The van der Waals surface area contributed by atoms with Crippen molar-refractivity contribution in [1.29, 1.82) is 0 Å². The number of benzene rings is 1. The highest BCUT2D eigenvalue weighted by atomic mass is 14.2. The summed E-state index contributed by atoms with van der Waals surface area (Å²) in [5.74, 6) is 0. The second-order valence-corrected chi connectivity index (χ2v) is 11.3. The minimum atomic E-state index is 0.483. The molecular weight excluding hydrogens is 324 g/mol. The van der Waals surface area contributed by atoms with Gasteiger partial charge in [-0.2, -0.15) is 0 Å². The van der Waals surface area contributed by atoms with Crippen molar-refractivity contribution in [3.8, 4) is 0 Å². The smallest absolute Gasteiger partial charge is 0.0274 e. The molecule has 1 aromatic carbocycles. The molecule has 0 nitrogen and oxygen atoms in total. The van der Waals surface area contributed by atoms with Gasteiger partial charge in [0.05, 0.1) is 0 Å². The lowest BCUT2D eigenvalue weighted by molar-refractivity contribution is 0.358. The van der Waals surface area contributed by atoms with Gasteiger partial charge in [-0.3, -0.25) is 0 Å². The van der Waals surface area contributed by atoms with Crippen LogP contribution in [0.4, 0.5) is 0 Å². The van der Waals surface area contributed by atoms with Crippen molar-refractivity contribution >= 4 is 0 Å². The Bertz CT molecular complexity index is 563. The highest BCUT2D eigenvalue weighted by Gasteiger charge is 2.12. The maximum absolute atomic E-state index is 2.50. The molecule has 0 aliphatic heterocycles. The maximum Gasteiger partial charge on any atom is -0.0274 e. The molecule has 0 unspecified atom stereocenters. The van der Waals surface area contributed by atoms with E-state index in [0.29, 0.717) is 10.8 Å². The molecule has 0 aliphatic carbocycles. The van der Waals surface area contributed by atoms with Crippen molar-refractivity contribution < 1.29 is 0 Å². The van der Waals surface area contributed by atoms with Gasteiger partial charge in [0.1, 0.15) is 0 Å². The third kappa shape index (κ3) is 9.82. The quantitative estimate of drug-likeness (QED) is 0.360. The molecular formula is C27H48. The highest BCUT2D eigenvalue weighted by molar-refractivity contribution is 5.44. The summed E-state index contributed by atoms with van der Waals surface area (Å²) in [6.45, 7) is 21.2. The fourth-order valence-corrected chi connectivity index (χ4v) is 4.15. The van der Waals surface area contributed by atoms with Gasteiger partial charge >= 0.3 is 0 Å². The largest absolute Gasteiger partial charge is 0.0602 e. The first kappa shape index (κ1) is 24.3. The molecule has 156 valence electrons. The summed E-state index contributed by atoms with van der Waals surface area (Å²) in [5.41, 5.74) is 8.83. The first-order valence-corrected chi connectivity index (χ1v) is 11.5. The highest BCUT2D eigenvalue weighted by Crippen LogP contribution is 2.27. The predicted octanol–water partition coefficient (Wildman–Crippen LogP) is 8.91. The van der Waals surface area contributed by atoms with Crippen LogP contribution < -0.4 is 0 Å². The van der Waals surface area contributed by atoms with Gasteiger partial charge in [-0.05, 0) is 97.9 Å². The Morgan fingerprint density at radius 3 is 1.56 bits per heavy atom. The van der Waals surface area contributed by atoms with Gasteiger partial charge in [0.15, 0.2) is 0 Å². The topological polar surface area (TPSA) is 0 Å². The van der Waals surface area contributed by atoms with E-state index < -0.39 is 0 Å². The minimum absolute atomic E-state index is 0.483. The average Bonchev–Trinajstić information content (AvgIpc) is 2.52. The monoisotopic (exact) mass is 372 g/mol. The third-order valence-electron chi connectivity index (χ3n) is 6.09. The van der Waals surface area contributed by atoms with E-state index in [4.69, 9.17) is 0 Å². The normalized spacial score (nSPS) is 12.6. The van der Waals surface area contributed by atoms with Gasteiger partial charge in [-0.15, -0.1) is 0 Å². The SMILES string of the molecule is Cc1cc(CCCCCC(C)(C)C)c(C)c(C)c1CCCCCC(C)(C)C. The second kappa shape index (κ2) is 10.7. The van der Waals surface area contributed by atoms with E-state index in [1.165, 1.54) is 69.8 Å². The van der Waals surface area contributed by atoms with Crippen LogP contribution in [0, 0.1) is 31.6 Å². The Hall–Kier alpha value is -0.780. The second-order valence-electron chi connectivity index (χ2n) is 11.3. The zero-order chi connectivity index (χ0) is 20.7. The molecule has 0 bridgehead atoms. The molecule has 0 aliphatic rings. The Labute approximate surface area is 171 Å². The van der Waals surface area contributed by atoms with Crippen LogP contribution in [0.2, 0.25) is 0 Å². The summed E-state index contributed by atoms with van der Waals surface area (Å²) < 4.78 is 0. The van der Waals surface area contributed by atoms with Crippen LogP contribution >= 0.6 is 0 Å². The fourth-order valence-electron chi connectivity index (χ4n) is 4.15. The van der Waals surface area contributed by atoms with Crippen LogP contribution in [0.3, 0.4) is 0 Å². The van der Waals surface area contributed by atoms with Gasteiger partial charge in [0.2, 0.25) is 0 Å². The molecule has 0 heterocycles. The summed E-state index contributed by atoms with van der Waals surface area (Å²) in [5, 5.41) is 0. The van der Waals surface area contributed by atoms with Gasteiger partial charge in [-0.1, -0.05) is 73.3 Å². The van der Waals surface area contributed by atoms with E-state index in [-0.39, 0.29) is 0 Å². The first-order chi connectivity index (χ1) is 12.4. The van der Waals surface area contributed by atoms with Crippen LogP contribution in [-0.4, -0.2) is 0 Å². The van der Waals surface area contributed by atoms with E-state index in [9.17, 15) is 0 Å². The molecule has 0 saturated heterocycles. The predicted molar refractivity (Wildman–Crippen MR) is 124 cm³/mol.